The maximum Gasteiger partial charge on any atom is 0.332 e. The van der Waals surface area contributed by atoms with Crippen molar-refractivity contribution in [2.75, 3.05) is 42.9 Å². The third kappa shape index (κ3) is 4.97. The first-order valence-electron chi connectivity index (χ1n) is 12.5. The van der Waals surface area contributed by atoms with Gasteiger partial charge >= 0.3 is 5.69 Å². The fraction of sp³-hybridized carbons (Fsp3) is 0.333. The predicted octanol–water partition coefficient (Wildman–Crippen LogP) is 1.69. The molecular formula is C27H30FN7O3. The number of halogens is 1. The quantitative estimate of drug-likeness (QED) is 0.417. The number of nitrogens with zero attached hydrogens (tertiary/aromatic N) is 6. The van der Waals surface area contributed by atoms with Crippen LogP contribution in [0.4, 0.5) is 16.0 Å². The van der Waals surface area contributed by atoms with Crippen molar-refractivity contribution in [1.82, 2.24) is 23.6 Å². The average molecular weight is 520 g/mol. The van der Waals surface area contributed by atoms with Crippen molar-refractivity contribution in [3.8, 4) is 0 Å². The minimum absolute atomic E-state index is 0.171. The monoisotopic (exact) mass is 519 g/mol. The molecule has 0 atom stereocenters. The molecule has 38 heavy (non-hydrogen) atoms. The van der Waals surface area contributed by atoms with Gasteiger partial charge in [-0.05, 0) is 36.8 Å². The van der Waals surface area contributed by atoms with Gasteiger partial charge in [-0.1, -0.05) is 29.8 Å². The number of aryl methyl sites for hydroxylation is 2. The highest BCUT2D eigenvalue weighted by atomic mass is 19.1. The Morgan fingerprint density at radius 2 is 1.71 bits per heavy atom. The highest BCUT2D eigenvalue weighted by Gasteiger charge is 2.26. The Labute approximate surface area is 218 Å². The number of rotatable bonds is 6. The third-order valence-corrected chi connectivity index (χ3v) is 6.90. The second-order valence-corrected chi connectivity index (χ2v) is 9.68. The van der Waals surface area contributed by atoms with Gasteiger partial charge in [-0.25, -0.2) is 9.18 Å². The number of hydrogen-bond acceptors (Lipinski definition) is 6. The SMILES string of the molecule is Cc1cccc(Cn2c(N3CCN(CC(=O)Nc4ccc(F)cc4)CC3)nc3c2c(=O)n(C)c(=O)n3C)c1. The van der Waals surface area contributed by atoms with E-state index in [0.29, 0.717) is 55.5 Å². The number of carbonyl (C=O) groups is 1. The van der Waals surface area contributed by atoms with Crippen LogP contribution >= 0.6 is 0 Å². The van der Waals surface area contributed by atoms with Crippen molar-refractivity contribution < 1.29 is 9.18 Å². The van der Waals surface area contributed by atoms with Crippen LogP contribution in [0.5, 0.6) is 0 Å². The molecule has 0 spiro atoms. The number of hydrogen-bond donors (Lipinski definition) is 1. The summed E-state index contributed by atoms with van der Waals surface area (Å²) in [5.41, 5.74) is 2.61. The number of amides is 1. The molecule has 2 aromatic carbocycles. The van der Waals surface area contributed by atoms with Gasteiger partial charge in [0.1, 0.15) is 5.82 Å². The van der Waals surface area contributed by atoms with Gasteiger partial charge in [0.05, 0.1) is 13.1 Å². The molecule has 0 radical (unpaired) electrons. The normalized spacial score (nSPS) is 14.3. The first kappa shape index (κ1) is 25.4. The molecule has 1 saturated heterocycles. The van der Waals surface area contributed by atoms with Crippen molar-refractivity contribution in [3.05, 3.63) is 86.3 Å². The van der Waals surface area contributed by atoms with Gasteiger partial charge in [0.15, 0.2) is 11.2 Å². The van der Waals surface area contributed by atoms with E-state index in [1.807, 2.05) is 34.6 Å². The summed E-state index contributed by atoms with van der Waals surface area (Å²) in [6.45, 7) is 5.07. The molecule has 3 heterocycles. The van der Waals surface area contributed by atoms with E-state index in [1.165, 1.54) is 35.9 Å². The Bertz CT molecular complexity index is 1610. The number of carbonyl (C=O) groups excluding carboxylic acids is 1. The minimum Gasteiger partial charge on any atom is -0.340 e. The lowest BCUT2D eigenvalue weighted by atomic mass is 10.1. The Kier molecular flexibility index (Phi) is 6.85. The smallest absolute Gasteiger partial charge is 0.332 e. The molecule has 11 heteroatoms. The minimum atomic E-state index is -0.425. The van der Waals surface area contributed by atoms with Gasteiger partial charge < -0.3 is 10.2 Å². The second kappa shape index (κ2) is 10.3. The number of nitrogens with one attached hydrogen (secondary N) is 1. The molecule has 0 unspecified atom stereocenters. The van der Waals surface area contributed by atoms with Gasteiger partial charge in [0.25, 0.3) is 5.56 Å². The van der Waals surface area contributed by atoms with Crippen molar-refractivity contribution >= 4 is 28.7 Å². The molecule has 1 aliphatic rings. The van der Waals surface area contributed by atoms with Crippen LogP contribution < -0.4 is 21.5 Å². The number of piperazine rings is 1. The van der Waals surface area contributed by atoms with Crippen molar-refractivity contribution in [1.29, 1.82) is 0 Å². The van der Waals surface area contributed by atoms with Gasteiger partial charge in [0, 0.05) is 46.0 Å². The van der Waals surface area contributed by atoms with Crippen molar-refractivity contribution in [2.45, 2.75) is 13.5 Å². The van der Waals surface area contributed by atoms with E-state index in [1.54, 1.807) is 7.05 Å². The summed E-state index contributed by atoms with van der Waals surface area (Å²) in [4.78, 5) is 47.2. The molecule has 198 valence electrons. The summed E-state index contributed by atoms with van der Waals surface area (Å²) < 4.78 is 17.5. The van der Waals surface area contributed by atoms with E-state index in [0.717, 1.165) is 15.7 Å². The van der Waals surface area contributed by atoms with Crippen LogP contribution in [0.15, 0.2) is 58.1 Å². The van der Waals surface area contributed by atoms with E-state index in [4.69, 9.17) is 4.98 Å². The zero-order valence-electron chi connectivity index (χ0n) is 21.6. The van der Waals surface area contributed by atoms with E-state index >= 15 is 0 Å². The third-order valence-electron chi connectivity index (χ3n) is 6.90. The van der Waals surface area contributed by atoms with Gasteiger partial charge in [-0.3, -0.25) is 28.2 Å². The molecule has 0 bridgehead atoms. The lowest BCUT2D eigenvalue weighted by molar-refractivity contribution is -0.117. The Morgan fingerprint density at radius 3 is 2.39 bits per heavy atom. The summed E-state index contributed by atoms with van der Waals surface area (Å²) in [6, 6.07) is 13.7. The van der Waals surface area contributed by atoms with E-state index in [9.17, 15) is 18.8 Å². The zero-order valence-corrected chi connectivity index (χ0v) is 21.6. The molecule has 0 saturated carbocycles. The van der Waals surface area contributed by atoms with Gasteiger partial charge in [0.2, 0.25) is 11.9 Å². The number of aromatic nitrogens is 4. The standard InChI is InChI=1S/C27H30FN7O3/c1-18-5-4-6-19(15-18)16-35-23-24(31(2)27(38)32(3)25(23)37)30-26(35)34-13-11-33(12-14-34)17-22(36)29-21-9-7-20(28)8-10-21/h4-10,15H,11-14,16-17H2,1-3H3,(H,29,36). The number of benzene rings is 2. The molecule has 2 aromatic heterocycles. The van der Waals surface area contributed by atoms with Crippen molar-refractivity contribution in [2.24, 2.45) is 14.1 Å². The van der Waals surface area contributed by atoms with Gasteiger partial charge in [-0.2, -0.15) is 4.98 Å². The van der Waals surface area contributed by atoms with E-state index < -0.39 is 5.69 Å². The van der Waals surface area contributed by atoms with Crippen LogP contribution in [-0.2, 0) is 25.4 Å². The lowest BCUT2D eigenvalue weighted by Crippen LogP contribution is -2.49. The van der Waals surface area contributed by atoms with Crippen molar-refractivity contribution in [3.63, 3.8) is 0 Å². The first-order valence-corrected chi connectivity index (χ1v) is 12.5. The average Bonchev–Trinajstić information content (AvgIpc) is 3.27. The summed E-state index contributed by atoms with van der Waals surface area (Å²) in [5, 5.41) is 2.79. The molecule has 1 amide bonds. The molecule has 1 aliphatic heterocycles. The number of anilines is 2. The molecule has 1 N–H and O–H groups in total. The Hall–Kier alpha value is -4.25. The Balaban J connectivity index is 1.39. The second-order valence-electron chi connectivity index (χ2n) is 9.68. The van der Waals surface area contributed by atoms with Crippen LogP contribution in [0, 0.1) is 12.7 Å². The summed E-state index contributed by atoms with van der Waals surface area (Å²) in [5.74, 6) is 0.0934. The highest BCUT2D eigenvalue weighted by molar-refractivity contribution is 5.92. The molecule has 10 nitrogen and oxygen atoms in total. The highest BCUT2D eigenvalue weighted by Crippen LogP contribution is 2.23. The maximum atomic E-state index is 13.2. The molecular weight excluding hydrogens is 489 g/mol. The van der Waals surface area contributed by atoms with E-state index in [2.05, 4.69) is 16.3 Å². The number of fused-ring (bicyclic) bond motifs is 1. The number of imidazole rings is 1. The molecule has 1 fully saturated rings. The molecule has 4 aromatic rings. The first-order chi connectivity index (χ1) is 18.2. The van der Waals surface area contributed by atoms with Crippen LogP contribution in [0.25, 0.3) is 11.2 Å². The fourth-order valence-electron chi connectivity index (χ4n) is 4.86. The fourth-order valence-corrected chi connectivity index (χ4v) is 4.86. The van der Waals surface area contributed by atoms with E-state index in [-0.39, 0.29) is 23.8 Å². The van der Waals surface area contributed by atoms with Crippen LogP contribution in [0.2, 0.25) is 0 Å². The summed E-state index contributed by atoms with van der Waals surface area (Å²) >= 11 is 0. The van der Waals surface area contributed by atoms with Crippen LogP contribution in [-0.4, -0.2) is 62.2 Å². The lowest BCUT2D eigenvalue weighted by Gasteiger charge is -2.35. The molecule has 0 aliphatic carbocycles. The Morgan fingerprint density at radius 1 is 1.00 bits per heavy atom. The maximum absolute atomic E-state index is 13.2. The summed E-state index contributed by atoms with van der Waals surface area (Å²) in [7, 11) is 3.10. The zero-order chi connectivity index (χ0) is 27.0. The van der Waals surface area contributed by atoms with Crippen LogP contribution in [0.1, 0.15) is 11.1 Å². The summed E-state index contributed by atoms with van der Waals surface area (Å²) in [6.07, 6.45) is 0. The van der Waals surface area contributed by atoms with Gasteiger partial charge in [-0.15, -0.1) is 0 Å². The predicted molar refractivity (Wildman–Crippen MR) is 144 cm³/mol. The largest absolute Gasteiger partial charge is 0.340 e. The van der Waals surface area contributed by atoms with Crippen LogP contribution in [0.3, 0.4) is 0 Å². The topological polar surface area (TPSA) is 97.4 Å². The molecule has 5 rings (SSSR count).